The first kappa shape index (κ1) is 15.7. The van der Waals surface area contributed by atoms with Gasteiger partial charge in [0.15, 0.2) is 5.78 Å². The minimum Gasteiger partial charge on any atom is -0.497 e. The lowest BCUT2D eigenvalue weighted by Gasteiger charge is -2.29. The maximum absolute atomic E-state index is 12.4. The molecule has 0 fully saturated rings. The van der Waals surface area contributed by atoms with E-state index in [0.29, 0.717) is 12.2 Å². The van der Waals surface area contributed by atoms with Gasteiger partial charge in [0.25, 0.3) is 0 Å². The Morgan fingerprint density at radius 3 is 2.26 bits per heavy atom. The van der Waals surface area contributed by atoms with E-state index in [1.807, 2.05) is 25.8 Å². The van der Waals surface area contributed by atoms with Gasteiger partial charge in [0, 0.05) is 18.7 Å². The van der Waals surface area contributed by atoms with Crippen LogP contribution in [0.4, 0.5) is 0 Å². The molecule has 2 unspecified atom stereocenters. The number of ether oxygens (including phenoxy) is 2. The number of benzene rings is 1. The van der Waals surface area contributed by atoms with Crippen molar-refractivity contribution in [3.8, 4) is 5.75 Å². The van der Waals surface area contributed by atoms with E-state index in [4.69, 9.17) is 9.47 Å². The molecule has 0 bridgehead atoms. The predicted molar refractivity (Wildman–Crippen MR) is 75.9 cm³/mol. The van der Waals surface area contributed by atoms with Crippen molar-refractivity contribution in [1.29, 1.82) is 0 Å². The molecular formula is C15H23NO3. The van der Waals surface area contributed by atoms with Crippen LogP contribution < -0.4 is 4.74 Å². The van der Waals surface area contributed by atoms with E-state index < -0.39 is 0 Å². The van der Waals surface area contributed by atoms with Crippen molar-refractivity contribution in [2.45, 2.75) is 25.9 Å². The lowest BCUT2D eigenvalue weighted by molar-refractivity contribution is 0.0693. The van der Waals surface area contributed by atoms with Crippen molar-refractivity contribution in [3.05, 3.63) is 29.8 Å². The molecule has 0 aromatic heterocycles. The second-order valence-electron chi connectivity index (χ2n) is 4.74. The van der Waals surface area contributed by atoms with E-state index >= 15 is 0 Å². The van der Waals surface area contributed by atoms with Crippen LogP contribution in [-0.2, 0) is 4.74 Å². The normalized spacial score (nSPS) is 14.2. The second-order valence-corrected chi connectivity index (χ2v) is 4.74. The van der Waals surface area contributed by atoms with Crippen LogP contribution in [-0.4, -0.2) is 50.6 Å². The fourth-order valence-electron chi connectivity index (χ4n) is 1.92. The van der Waals surface area contributed by atoms with E-state index in [-0.39, 0.29) is 17.9 Å². The number of rotatable bonds is 7. The third-order valence-electron chi connectivity index (χ3n) is 3.47. The van der Waals surface area contributed by atoms with Crippen molar-refractivity contribution >= 4 is 5.78 Å². The number of nitrogens with zero attached hydrogens (tertiary/aromatic N) is 1. The standard InChI is InChI=1S/C15H23NO3/c1-11(10-18-4)16(3)12(2)15(17)13-6-8-14(19-5)9-7-13/h6-9,11-12H,10H2,1-5H3. The van der Waals surface area contributed by atoms with Crippen molar-refractivity contribution in [1.82, 2.24) is 4.90 Å². The Hall–Kier alpha value is -1.39. The van der Waals surface area contributed by atoms with Crippen LogP contribution in [0.1, 0.15) is 24.2 Å². The molecule has 2 atom stereocenters. The van der Waals surface area contributed by atoms with Gasteiger partial charge < -0.3 is 9.47 Å². The number of hydrogen-bond donors (Lipinski definition) is 0. The van der Waals surface area contributed by atoms with Crippen molar-refractivity contribution in [2.24, 2.45) is 0 Å². The molecule has 0 N–H and O–H groups in total. The Labute approximate surface area is 115 Å². The molecule has 0 saturated carbocycles. The lowest BCUT2D eigenvalue weighted by atomic mass is 10.0. The highest BCUT2D eigenvalue weighted by Gasteiger charge is 2.23. The highest BCUT2D eigenvalue weighted by molar-refractivity contribution is 5.99. The van der Waals surface area contributed by atoms with Gasteiger partial charge in [0.05, 0.1) is 19.8 Å². The molecule has 4 nitrogen and oxygen atoms in total. The first-order chi connectivity index (χ1) is 9.01. The summed E-state index contributed by atoms with van der Waals surface area (Å²) in [6.45, 7) is 4.57. The first-order valence-electron chi connectivity index (χ1n) is 6.40. The van der Waals surface area contributed by atoms with E-state index in [1.54, 1.807) is 38.5 Å². The maximum atomic E-state index is 12.4. The number of hydrogen-bond acceptors (Lipinski definition) is 4. The minimum atomic E-state index is -0.182. The van der Waals surface area contributed by atoms with Crippen molar-refractivity contribution in [2.75, 3.05) is 27.9 Å². The fourth-order valence-corrected chi connectivity index (χ4v) is 1.92. The summed E-state index contributed by atoms with van der Waals surface area (Å²) in [6.07, 6.45) is 0. The summed E-state index contributed by atoms with van der Waals surface area (Å²) < 4.78 is 10.2. The summed E-state index contributed by atoms with van der Waals surface area (Å²) >= 11 is 0. The van der Waals surface area contributed by atoms with Gasteiger partial charge in [0.1, 0.15) is 5.75 Å². The Morgan fingerprint density at radius 1 is 1.21 bits per heavy atom. The van der Waals surface area contributed by atoms with E-state index in [2.05, 4.69) is 0 Å². The van der Waals surface area contributed by atoms with Gasteiger partial charge in [-0.05, 0) is 45.2 Å². The van der Waals surface area contributed by atoms with Gasteiger partial charge in [0.2, 0.25) is 0 Å². The smallest absolute Gasteiger partial charge is 0.179 e. The van der Waals surface area contributed by atoms with Crippen LogP contribution in [0.25, 0.3) is 0 Å². The average molecular weight is 265 g/mol. The van der Waals surface area contributed by atoms with E-state index in [9.17, 15) is 4.79 Å². The predicted octanol–water partition coefficient (Wildman–Crippen LogP) is 2.23. The quantitative estimate of drug-likeness (QED) is 0.709. The third-order valence-corrected chi connectivity index (χ3v) is 3.47. The Balaban J connectivity index is 2.74. The number of carbonyl (C=O) groups excluding carboxylic acids is 1. The largest absolute Gasteiger partial charge is 0.497 e. The highest BCUT2D eigenvalue weighted by Crippen LogP contribution is 2.15. The topological polar surface area (TPSA) is 38.8 Å². The molecule has 106 valence electrons. The van der Waals surface area contributed by atoms with Gasteiger partial charge >= 0.3 is 0 Å². The van der Waals surface area contributed by atoms with Crippen molar-refractivity contribution < 1.29 is 14.3 Å². The summed E-state index contributed by atoms with van der Waals surface area (Å²) in [5.74, 6) is 0.860. The van der Waals surface area contributed by atoms with Gasteiger partial charge in [-0.25, -0.2) is 0 Å². The van der Waals surface area contributed by atoms with Crippen LogP contribution in [0.3, 0.4) is 0 Å². The molecule has 19 heavy (non-hydrogen) atoms. The zero-order chi connectivity index (χ0) is 14.4. The number of ketones is 1. The van der Waals surface area contributed by atoms with Gasteiger partial charge in [-0.1, -0.05) is 0 Å². The number of Topliss-reactive ketones (excluding diaryl/α,β-unsaturated/α-hetero) is 1. The molecule has 0 saturated heterocycles. The molecule has 1 aromatic carbocycles. The minimum absolute atomic E-state index is 0.105. The van der Waals surface area contributed by atoms with Crippen LogP contribution in [0.2, 0.25) is 0 Å². The second kappa shape index (κ2) is 7.26. The molecular weight excluding hydrogens is 242 g/mol. The maximum Gasteiger partial charge on any atom is 0.179 e. The first-order valence-corrected chi connectivity index (χ1v) is 6.40. The molecule has 4 heteroatoms. The molecule has 0 aliphatic heterocycles. The Morgan fingerprint density at radius 2 is 1.79 bits per heavy atom. The number of carbonyl (C=O) groups is 1. The summed E-state index contributed by atoms with van der Waals surface area (Å²) in [5, 5.41) is 0. The van der Waals surface area contributed by atoms with Gasteiger partial charge in [-0.2, -0.15) is 0 Å². The zero-order valence-electron chi connectivity index (χ0n) is 12.3. The van der Waals surface area contributed by atoms with E-state index in [0.717, 1.165) is 5.75 Å². The summed E-state index contributed by atoms with van der Waals surface area (Å²) in [5.41, 5.74) is 0.699. The van der Waals surface area contributed by atoms with Crippen LogP contribution >= 0.6 is 0 Å². The molecule has 1 rings (SSSR count). The number of likely N-dealkylation sites (N-methyl/N-ethyl adjacent to an activating group) is 1. The molecule has 0 heterocycles. The third kappa shape index (κ3) is 4.04. The Kier molecular flexibility index (Phi) is 5.99. The molecule has 1 aromatic rings. The van der Waals surface area contributed by atoms with Gasteiger partial charge in [-0.3, -0.25) is 9.69 Å². The zero-order valence-corrected chi connectivity index (χ0v) is 12.3. The summed E-state index contributed by atoms with van der Waals surface area (Å²) in [7, 11) is 5.22. The van der Waals surface area contributed by atoms with E-state index in [1.165, 1.54) is 0 Å². The van der Waals surface area contributed by atoms with Crippen LogP contribution in [0, 0.1) is 0 Å². The molecule has 0 aliphatic carbocycles. The average Bonchev–Trinajstić information content (AvgIpc) is 2.45. The lowest BCUT2D eigenvalue weighted by Crippen LogP contribution is -2.43. The highest BCUT2D eigenvalue weighted by atomic mass is 16.5. The SMILES string of the molecule is COCC(C)N(C)C(C)C(=O)c1ccc(OC)cc1. The monoisotopic (exact) mass is 265 g/mol. The fraction of sp³-hybridized carbons (Fsp3) is 0.533. The molecule has 0 aliphatic rings. The Bertz CT molecular complexity index is 402. The molecule has 0 amide bonds. The summed E-state index contributed by atoms with van der Waals surface area (Å²) in [4.78, 5) is 14.4. The molecule has 0 spiro atoms. The molecule has 0 radical (unpaired) electrons. The number of methoxy groups -OCH3 is 2. The van der Waals surface area contributed by atoms with Gasteiger partial charge in [-0.15, -0.1) is 0 Å². The summed E-state index contributed by atoms with van der Waals surface area (Å²) in [6, 6.07) is 7.22. The van der Waals surface area contributed by atoms with Crippen LogP contribution in [0.5, 0.6) is 5.75 Å². The van der Waals surface area contributed by atoms with Crippen molar-refractivity contribution in [3.63, 3.8) is 0 Å². The van der Waals surface area contributed by atoms with Crippen LogP contribution in [0.15, 0.2) is 24.3 Å².